The Balaban J connectivity index is 1.52. The van der Waals surface area contributed by atoms with Crippen LogP contribution in [0.2, 0.25) is 0 Å². The van der Waals surface area contributed by atoms with Gasteiger partial charge in [-0.1, -0.05) is 60.7 Å². The molecule has 1 N–H and O–H groups in total. The van der Waals surface area contributed by atoms with Crippen LogP contribution in [-0.4, -0.2) is 20.9 Å². The molecule has 0 aromatic heterocycles. The van der Waals surface area contributed by atoms with E-state index in [-0.39, 0.29) is 10.6 Å². The zero-order valence-electron chi connectivity index (χ0n) is 19.6. The number of nitrogens with one attached hydrogen (secondary N) is 1. The Morgan fingerprint density at radius 2 is 1.53 bits per heavy atom. The average Bonchev–Trinajstić information content (AvgIpc) is 2.89. The number of anilines is 2. The number of benzene rings is 4. The Bertz CT molecular complexity index is 1450. The molecule has 0 fully saturated rings. The number of amides is 1. The van der Waals surface area contributed by atoms with E-state index in [1.165, 1.54) is 35.2 Å². The molecule has 0 atom stereocenters. The molecule has 4 aromatic carbocycles. The summed E-state index contributed by atoms with van der Waals surface area (Å²) in [5, 5.41) is 2.78. The number of para-hydroxylation sites is 1. The van der Waals surface area contributed by atoms with Crippen molar-refractivity contribution in [3.8, 4) is 0 Å². The van der Waals surface area contributed by atoms with Crippen LogP contribution in [0.25, 0.3) is 0 Å². The van der Waals surface area contributed by atoms with Gasteiger partial charge in [-0.15, -0.1) is 11.8 Å². The van der Waals surface area contributed by atoms with Crippen LogP contribution in [0.4, 0.5) is 15.8 Å². The van der Waals surface area contributed by atoms with Gasteiger partial charge >= 0.3 is 0 Å². The highest BCUT2D eigenvalue weighted by Crippen LogP contribution is 2.27. The van der Waals surface area contributed by atoms with Crippen LogP contribution in [0.1, 0.15) is 11.1 Å². The second kappa shape index (κ2) is 11.4. The number of hydrogen-bond donors (Lipinski definition) is 1. The van der Waals surface area contributed by atoms with Crippen molar-refractivity contribution in [2.75, 3.05) is 16.2 Å². The highest BCUT2D eigenvalue weighted by Gasteiger charge is 2.29. The van der Waals surface area contributed by atoms with Crippen molar-refractivity contribution in [1.29, 1.82) is 0 Å². The van der Waals surface area contributed by atoms with Gasteiger partial charge in [-0.3, -0.25) is 9.10 Å². The lowest BCUT2D eigenvalue weighted by atomic mass is 10.1. The van der Waals surface area contributed by atoms with Crippen molar-refractivity contribution in [2.24, 2.45) is 0 Å². The molecule has 0 heterocycles. The first-order valence-electron chi connectivity index (χ1n) is 11.2. The Kier molecular flexibility index (Phi) is 8.07. The monoisotopic (exact) mass is 520 g/mol. The molecule has 0 aliphatic rings. The second-order valence-corrected chi connectivity index (χ2v) is 11.0. The number of halogens is 1. The van der Waals surface area contributed by atoms with Crippen LogP contribution in [0.15, 0.2) is 113 Å². The number of sulfonamides is 1. The van der Waals surface area contributed by atoms with Crippen LogP contribution < -0.4 is 9.62 Å². The maximum Gasteiger partial charge on any atom is 0.264 e. The summed E-state index contributed by atoms with van der Waals surface area (Å²) in [5.41, 5.74) is 2.32. The van der Waals surface area contributed by atoms with Crippen molar-refractivity contribution < 1.29 is 17.6 Å². The number of hydrogen-bond acceptors (Lipinski definition) is 4. The third-order valence-corrected chi connectivity index (χ3v) is 8.31. The third kappa shape index (κ3) is 6.13. The molecule has 1 amide bonds. The Hall–Kier alpha value is -3.62. The molecular formula is C28H25FN2O3S2. The Labute approximate surface area is 215 Å². The average molecular weight is 521 g/mol. The predicted molar refractivity (Wildman–Crippen MR) is 143 cm³/mol. The minimum absolute atomic E-state index is 0.0301. The number of thioether (sulfide) groups is 1. The van der Waals surface area contributed by atoms with E-state index in [9.17, 15) is 17.6 Å². The summed E-state index contributed by atoms with van der Waals surface area (Å²) >= 11 is 1.71. The van der Waals surface area contributed by atoms with Crippen LogP contribution in [-0.2, 0) is 20.6 Å². The van der Waals surface area contributed by atoms with E-state index < -0.39 is 28.3 Å². The zero-order chi connectivity index (χ0) is 25.5. The maximum atomic E-state index is 14.6. The van der Waals surface area contributed by atoms with Crippen LogP contribution >= 0.6 is 11.8 Å². The number of carbonyl (C=O) groups excluding carboxylic acids is 1. The molecule has 36 heavy (non-hydrogen) atoms. The smallest absolute Gasteiger partial charge is 0.264 e. The molecular weight excluding hydrogens is 495 g/mol. The van der Waals surface area contributed by atoms with Crippen molar-refractivity contribution in [3.05, 3.63) is 120 Å². The molecule has 0 saturated heterocycles. The normalized spacial score (nSPS) is 11.2. The molecule has 0 unspecified atom stereocenters. The van der Waals surface area contributed by atoms with Crippen molar-refractivity contribution in [3.63, 3.8) is 0 Å². The molecule has 5 nitrogen and oxygen atoms in total. The predicted octanol–water partition coefficient (Wildman–Crippen LogP) is 6.26. The van der Waals surface area contributed by atoms with Crippen molar-refractivity contribution >= 4 is 39.1 Å². The van der Waals surface area contributed by atoms with E-state index >= 15 is 0 Å². The molecule has 0 bridgehead atoms. The first kappa shape index (κ1) is 25.5. The summed E-state index contributed by atoms with van der Waals surface area (Å²) in [5.74, 6) is -0.538. The van der Waals surface area contributed by atoms with E-state index in [2.05, 4.69) is 17.4 Å². The fourth-order valence-electron chi connectivity index (χ4n) is 3.63. The molecule has 0 aliphatic heterocycles. The Morgan fingerprint density at radius 3 is 2.19 bits per heavy atom. The van der Waals surface area contributed by atoms with Gasteiger partial charge in [0.25, 0.3) is 10.0 Å². The zero-order valence-corrected chi connectivity index (χ0v) is 21.2. The van der Waals surface area contributed by atoms with Crippen molar-refractivity contribution in [1.82, 2.24) is 0 Å². The molecule has 0 radical (unpaired) electrons. The molecule has 4 rings (SSSR count). The van der Waals surface area contributed by atoms with Gasteiger partial charge < -0.3 is 5.32 Å². The van der Waals surface area contributed by atoms with Crippen molar-refractivity contribution in [2.45, 2.75) is 22.5 Å². The van der Waals surface area contributed by atoms with Crippen LogP contribution in [0.5, 0.6) is 0 Å². The summed E-state index contributed by atoms with van der Waals surface area (Å²) in [7, 11) is -4.18. The standard InChI is InChI=1S/C28H25FN2O3S2/c1-21-18-22(20-35-23-10-4-2-5-11-23)16-17-26(21)30-28(32)19-31(27-15-9-8-14-25(27)29)36(33,34)24-12-6-3-7-13-24/h2-18H,19-20H2,1H3,(H,30,32). The van der Waals surface area contributed by atoms with Gasteiger partial charge in [0.2, 0.25) is 5.91 Å². The van der Waals surface area contributed by atoms with Gasteiger partial charge in [-0.05, 0) is 60.5 Å². The molecule has 0 spiro atoms. The van der Waals surface area contributed by atoms with E-state index in [1.807, 2.05) is 37.3 Å². The fraction of sp³-hybridized carbons (Fsp3) is 0.107. The summed E-state index contributed by atoms with van der Waals surface area (Å²) in [6.45, 7) is 1.30. The summed E-state index contributed by atoms with van der Waals surface area (Å²) in [4.78, 5) is 14.1. The molecule has 0 aliphatic carbocycles. The summed E-state index contributed by atoms with van der Waals surface area (Å²) in [6, 6.07) is 28.9. The highest BCUT2D eigenvalue weighted by atomic mass is 32.2. The minimum atomic E-state index is -4.18. The lowest BCUT2D eigenvalue weighted by Crippen LogP contribution is -2.38. The molecule has 0 saturated carbocycles. The van der Waals surface area contributed by atoms with Gasteiger partial charge in [-0.25, -0.2) is 12.8 Å². The second-order valence-electron chi connectivity index (χ2n) is 8.08. The quantitative estimate of drug-likeness (QED) is 0.265. The third-order valence-electron chi connectivity index (χ3n) is 5.45. The first-order chi connectivity index (χ1) is 17.3. The molecule has 184 valence electrons. The molecule has 8 heteroatoms. The maximum absolute atomic E-state index is 14.6. The van der Waals surface area contributed by atoms with E-state index in [1.54, 1.807) is 36.0 Å². The lowest BCUT2D eigenvalue weighted by Gasteiger charge is -2.24. The Morgan fingerprint density at radius 1 is 0.889 bits per heavy atom. The van der Waals surface area contributed by atoms with Crippen LogP contribution in [0, 0.1) is 12.7 Å². The lowest BCUT2D eigenvalue weighted by molar-refractivity contribution is -0.114. The number of nitrogens with zero attached hydrogens (tertiary/aromatic N) is 1. The number of aryl methyl sites for hydroxylation is 1. The first-order valence-corrected chi connectivity index (χ1v) is 13.7. The van der Waals surface area contributed by atoms with Gasteiger partial charge in [0.15, 0.2) is 0 Å². The van der Waals surface area contributed by atoms with Gasteiger partial charge in [0.05, 0.1) is 10.6 Å². The van der Waals surface area contributed by atoms with Crippen LogP contribution in [0.3, 0.4) is 0 Å². The van der Waals surface area contributed by atoms with Gasteiger partial charge in [-0.2, -0.15) is 0 Å². The summed E-state index contributed by atoms with van der Waals surface area (Å²) in [6.07, 6.45) is 0. The summed E-state index contributed by atoms with van der Waals surface area (Å²) < 4.78 is 42.1. The number of rotatable bonds is 9. The SMILES string of the molecule is Cc1cc(CSc2ccccc2)ccc1NC(=O)CN(c1ccccc1F)S(=O)(=O)c1ccccc1. The van der Waals surface area contributed by atoms with Gasteiger partial charge in [0.1, 0.15) is 12.4 Å². The van der Waals surface area contributed by atoms with Gasteiger partial charge in [0, 0.05) is 16.3 Å². The minimum Gasteiger partial charge on any atom is -0.324 e. The van der Waals surface area contributed by atoms with E-state index in [0.29, 0.717) is 5.69 Å². The highest BCUT2D eigenvalue weighted by molar-refractivity contribution is 7.98. The fourth-order valence-corrected chi connectivity index (χ4v) is 5.94. The van der Waals surface area contributed by atoms with E-state index in [4.69, 9.17) is 0 Å². The molecule has 4 aromatic rings. The number of carbonyl (C=O) groups is 1. The largest absolute Gasteiger partial charge is 0.324 e. The van der Waals surface area contributed by atoms with E-state index in [0.717, 1.165) is 27.3 Å². The topological polar surface area (TPSA) is 66.5 Å².